The number of nitrogens with one attached hydrogen (secondary N) is 3. The number of allylic oxidation sites excluding steroid dienone is 5. The molecule has 6 aromatic rings. The van der Waals surface area contributed by atoms with Gasteiger partial charge in [-0.3, -0.25) is 5.10 Å². The Hall–Kier alpha value is -4.94. The van der Waals surface area contributed by atoms with Gasteiger partial charge in [-0.2, -0.15) is 5.10 Å². The SMILES string of the molecule is C=C/C(=C\C(=C/C)c1ccc2[nH]nc(-c3cc4c(-c5cccs5)cccc4[nH]3)c2n1)NC(=C)Cc1ccccc1. The molecule has 0 fully saturated rings. The van der Waals surface area contributed by atoms with Crippen LogP contribution >= 0.6 is 11.3 Å². The van der Waals surface area contributed by atoms with Crippen molar-refractivity contribution >= 4 is 38.8 Å². The van der Waals surface area contributed by atoms with E-state index in [0.29, 0.717) is 0 Å². The number of benzene rings is 2. The Morgan fingerprint density at radius 1 is 1.00 bits per heavy atom. The summed E-state index contributed by atoms with van der Waals surface area (Å²) in [6.45, 7) is 10.2. The molecule has 0 saturated carbocycles. The molecule has 0 spiro atoms. The highest BCUT2D eigenvalue weighted by Crippen LogP contribution is 2.35. The van der Waals surface area contributed by atoms with Gasteiger partial charge in [-0.1, -0.05) is 67.8 Å². The normalized spacial score (nSPS) is 12.2. The molecule has 0 atom stereocenters. The second-order valence-corrected chi connectivity index (χ2v) is 10.5. The topological polar surface area (TPSA) is 69.4 Å². The highest BCUT2D eigenvalue weighted by atomic mass is 32.1. The van der Waals surface area contributed by atoms with Gasteiger partial charge in [-0.05, 0) is 65.9 Å². The molecule has 0 aliphatic carbocycles. The van der Waals surface area contributed by atoms with Crippen LogP contribution in [0.5, 0.6) is 0 Å². The molecule has 0 aliphatic heterocycles. The van der Waals surface area contributed by atoms with Crippen LogP contribution < -0.4 is 5.32 Å². The van der Waals surface area contributed by atoms with Crippen molar-refractivity contribution in [2.45, 2.75) is 13.3 Å². The molecular weight excluding hydrogens is 510 g/mol. The number of H-pyrrole nitrogens is 2. The fourth-order valence-corrected chi connectivity index (χ4v) is 5.65. The van der Waals surface area contributed by atoms with E-state index in [2.05, 4.69) is 93.6 Å². The Morgan fingerprint density at radius 3 is 2.65 bits per heavy atom. The lowest BCUT2D eigenvalue weighted by molar-refractivity contribution is 0.942. The maximum atomic E-state index is 5.05. The molecule has 40 heavy (non-hydrogen) atoms. The average Bonchev–Trinajstić information content (AvgIpc) is 3.74. The molecule has 0 bridgehead atoms. The van der Waals surface area contributed by atoms with Gasteiger partial charge >= 0.3 is 0 Å². The van der Waals surface area contributed by atoms with Gasteiger partial charge in [0, 0.05) is 39.2 Å². The summed E-state index contributed by atoms with van der Waals surface area (Å²) in [6.07, 6.45) is 6.64. The molecule has 2 aromatic carbocycles. The van der Waals surface area contributed by atoms with Crippen LogP contribution in [0.25, 0.3) is 49.3 Å². The number of hydrogen-bond donors (Lipinski definition) is 3. The number of rotatable bonds is 9. The second kappa shape index (κ2) is 11.0. The molecule has 4 aromatic heterocycles. The summed E-state index contributed by atoms with van der Waals surface area (Å²) in [7, 11) is 0. The lowest BCUT2D eigenvalue weighted by Gasteiger charge is -2.12. The van der Waals surface area contributed by atoms with Crippen molar-refractivity contribution in [3.05, 3.63) is 138 Å². The summed E-state index contributed by atoms with van der Waals surface area (Å²) in [5.41, 5.74) is 10.5. The van der Waals surface area contributed by atoms with Gasteiger partial charge < -0.3 is 10.3 Å². The smallest absolute Gasteiger partial charge is 0.135 e. The van der Waals surface area contributed by atoms with Crippen LogP contribution in [0.4, 0.5) is 0 Å². The minimum Gasteiger partial charge on any atom is -0.359 e. The predicted molar refractivity (Wildman–Crippen MR) is 169 cm³/mol. The van der Waals surface area contributed by atoms with E-state index in [-0.39, 0.29) is 0 Å². The molecule has 0 aliphatic rings. The molecule has 0 amide bonds. The van der Waals surface area contributed by atoms with Gasteiger partial charge in [0.25, 0.3) is 0 Å². The van der Waals surface area contributed by atoms with Crippen molar-refractivity contribution in [3.8, 4) is 21.8 Å². The first kappa shape index (κ1) is 25.3. The zero-order chi connectivity index (χ0) is 27.5. The van der Waals surface area contributed by atoms with E-state index < -0.39 is 0 Å². The van der Waals surface area contributed by atoms with Crippen LogP contribution in [0, 0.1) is 0 Å². The minimum atomic E-state index is 0.735. The van der Waals surface area contributed by atoms with Gasteiger partial charge in [-0.15, -0.1) is 11.3 Å². The molecule has 196 valence electrons. The van der Waals surface area contributed by atoms with Crippen LogP contribution in [-0.4, -0.2) is 20.2 Å². The summed E-state index contributed by atoms with van der Waals surface area (Å²) in [4.78, 5) is 9.85. The van der Waals surface area contributed by atoms with Crippen molar-refractivity contribution in [2.75, 3.05) is 0 Å². The number of pyridine rings is 1. The van der Waals surface area contributed by atoms with Gasteiger partial charge in [0.15, 0.2) is 0 Å². The standard InChI is InChI=1S/C34H29N5S/c1-4-24(20-25(5-2)35-22(3)19-23-11-7-6-8-12-23)28-16-17-30-33(37-28)34(39-38-30)31-21-27-26(32-15-10-18-40-32)13-9-14-29(27)36-31/h4-18,20-21,35-36H,2-3,19H2,1H3,(H,38,39)/b24-4+,25-20+. The van der Waals surface area contributed by atoms with Crippen molar-refractivity contribution < 1.29 is 0 Å². The van der Waals surface area contributed by atoms with E-state index >= 15 is 0 Å². The van der Waals surface area contributed by atoms with Gasteiger partial charge in [0.05, 0.1) is 16.9 Å². The summed E-state index contributed by atoms with van der Waals surface area (Å²) >= 11 is 1.74. The van der Waals surface area contributed by atoms with Gasteiger partial charge in [0.1, 0.15) is 11.2 Å². The van der Waals surface area contributed by atoms with Crippen molar-refractivity contribution in [1.82, 2.24) is 25.5 Å². The zero-order valence-corrected chi connectivity index (χ0v) is 23.1. The number of aromatic nitrogens is 4. The number of thiophene rings is 1. The first-order chi connectivity index (χ1) is 19.6. The van der Waals surface area contributed by atoms with Crippen LogP contribution in [-0.2, 0) is 6.42 Å². The summed E-state index contributed by atoms with van der Waals surface area (Å²) < 4.78 is 0. The fraction of sp³-hybridized carbons (Fsp3) is 0.0588. The lowest BCUT2D eigenvalue weighted by Crippen LogP contribution is -2.12. The van der Waals surface area contributed by atoms with Crippen molar-refractivity contribution in [2.24, 2.45) is 0 Å². The van der Waals surface area contributed by atoms with Gasteiger partial charge in [-0.25, -0.2) is 4.98 Å². The third-order valence-corrected chi connectivity index (χ3v) is 7.74. The largest absolute Gasteiger partial charge is 0.359 e. The lowest BCUT2D eigenvalue weighted by atomic mass is 10.1. The maximum Gasteiger partial charge on any atom is 0.135 e. The number of fused-ring (bicyclic) bond motifs is 2. The Balaban J connectivity index is 1.32. The summed E-state index contributed by atoms with van der Waals surface area (Å²) in [5, 5.41) is 14.5. The maximum absolute atomic E-state index is 5.05. The highest BCUT2D eigenvalue weighted by Gasteiger charge is 2.16. The summed E-state index contributed by atoms with van der Waals surface area (Å²) in [5.74, 6) is 0. The summed E-state index contributed by atoms with van der Waals surface area (Å²) in [6, 6.07) is 27.1. The first-order valence-electron chi connectivity index (χ1n) is 13.1. The molecule has 0 saturated heterocycles. The van der Waals surface area contributed by atoms with E-state index in [0.717, 1.165) is 57.0 Å². The fourth-order valence-electron chi connectivity index (χ4n) is 4.89. The van der Waals surface area contributed by atoms with Crippen LogP contribution in [0.3, 0.4) is 0 Å². The van der Waals surface area contributed by atoms with Crippen molar-refractivity contribution in [1.29, 1.82) is 0 Å². The number of hydrogen-bond acceptors (Lipinski definition) is 4. The Bertz CT molecular complexity index is 1890. The van der Waals surface area contributed by atoms with E-state index in [4.69, 9.17) is 4.98 Å². The number of nitrogens with zero attached hydrogens (tertiary/aromatic N) is 2. The monoisotopic (exact) mass is 539 g/mol. The quantitative estimate of drug-likeness (QED) is 0.161. The Kier molecular flexibility index (Phi) is 7.00. The third-order valence-electron chi connectivity index (χ3n) is 6.83. The third kappa shape index (κ3) is 5.05. The predicted octanol–water partition coefficient (Wildman–Crippen LogP) is 8.65. The first-order valence-corrected chi connectivity index (χ1v) is 14.0. The van der Waals surface area contributed by atoms with Gasteiger partial charge in [0.2, 0.25) is 0 Å². The molecule has 4 heterocycles. The molecular formula is C34H29N5S. The van der Waals surface area contributed by atoms with E-state index in [9.17, 15) is 0 Å². The molecule has 0 radical (unpaired) electrons. The molecule has 6 heteroatoms. The average molecular weight is 540 g/mol. The Labute approximate surface area is 237 Å². The number of aromatic amines is 2. The van der Waals surface area contributed by atoms with Crippen molar-refractivity contribution in [3.63, 3.8) is 0 Å². The second-order valence-electron chi connectivity index (χ2n) is 9.53. The van der Waals surface area contributed by atoms with E-state index in [1.807, 2.05) is 43.3 Å². The minimum absolute atomic E-state index is 0.735. The molecule has 3 N–H and O–H groups in total. The zero-order valence-electron chi connectivity index (χ0n) is 22.2. The highest BCUT2D eigenvalue weighted by molar-refractivity contribution is 7.13. The molecule has 6 rings (SSSR count). The van der Waals surface area contributed by atoms with Crippen LogP contribution in [0.2, 0.25) is 0 Å². The molecule has 5 nitrogen and oxygen atoms in total. The van der Waals surface area contributed by atoms with E-state index in [1.165, 1.54) is 21.4 Å². The van der Waals surface area contributed by atoms with Crippen LogP contribution in [0.1, 0.15) is 18.2 Å². The molecule has 0 unspecified atom stereocenters. The van der Waals surface area contributed by atoms with E-state index in [1.54, 1.807) is 17.4 Å². The Morgan fingerprint density at radius 2 is 1.88 bits per heavy atom. The van der Waals surface area contributed by atoms with Crippen LogP contribution in [0.15, 0.2) is 127 Å².